The molecule has 0 saturated carbocycles. The van der Waals surface area contributed by atoms with E-state index >= 15 is 0 Å². The lowest BCUT2D eigenvalue weighted by molar-refractivity contribution is -0.130. The Morgan fingerprint density at radius 1 is 1.32 bits per heavy atom. The van der Waals surface area contributed by atoms with Crippen LogP contribution in [-0.4, -0.2) is 28.6 Å². The molecule has 0 saturated heterocycles. The van der Waals surface area contributed by atoms with E-state index in [1.165, 1.54) is 6.92 Å². The number of ether oxygens (including phenoxy) is 1. The molecule has 1 rings (SSSR count). The molecule has 1 aromatic carbocycles. The van der Waals surface area contributed by atoms with Crippen LogP contribution in [0.4, 0.5) is 0 Å². The first-order chi connectivity index (χ1) is 10.5. The van der Waals surface area contributed by atoms with Crippen LogP contribution >= 0.6 is 0 Å². The predicted octanol–water partition coefficient (Wildman–Crippen LogP) is 2.79. The summed E-state index contributed by atoms with van der Waals surface area (Å²) in [5.74, 6) is 3.76. The summed E-state index contributed by atoms with van der Waals surface area (Å²) in [6.07, 6.45) is 2.43. The zero-order valence-corrected chi connectivity index (χ0v) is 12.8. The van der Waals surface area contributed by atoms with Gasteiger partial charge in [0.2, 0.25) is 0 Å². The highest BCUT2D eigenvalue weighted by Gasteiger charge is 2.15. The summed E-state index contributed by atoms with van der Waals surface area (Å²) < 4.78 is 5.63. The molecule has 0 radical (unpaired) electrons. The Labute approximate surface area is 129 Å². The highest BCUT2D eigenvalue weighted by Crippen LogP contribution is 2.33. The first-order valence-electron chi connectivity index (χ1n) is 7.17. The number of hydrogen-bond donors (Lipinski definition) is 2. The summed E-state index contributed by atoms with van der Waals surface area (Å²) in [6, 6.07) is 3.24. The molecule has 0 aliphatic heterocycles. The molecule has 0 spiro atoms. The Morgan fingerprint density at radius 2 is 2.05 bits per heavy atom. The van der Waals surface area contributed by atoms with Crippen molar-refractivity contribution >= 4 is 11.8 Å². The number of carbonyl (C=O) groups is 2. The van der Waals surface area contributed by atoms with Gasteiger partial charge in [-0.15, -0.1) is 0 Å². The fourth-order valence-electron chi connectivity index (χ4n) is 2.01. The van der Waals surface area contributed by atoms with Crippen molar-refractivity contribution in [1.82, 2.24) is 0 Å². The normalized spacial score (nSPS) is 9.73. The lowest BCUT2D eigenvalue weighted by Crippen LogP contribution is -2.03. The van der Waals surface area contributed by atoms with Gasteiger partial charge in [0.1, 0.15) is 11.5 Å². The van der Waals surface area contributed by atoms with Gasteiger partial charge in [-0.2, -0.15) is 0 Å². The number of aliphatic carboxylic acids is 1. The lowest BCUT2D eigenvalue weighted by atomic mass is 10.0. The van der Waals surface area contributed by atoms with Gasteiger partial charge in [-0.1, -0.05) is 19.3 Å². The molecular formula is C17H20O5. The predicted molar refractivity (Wildman–Crippen MR) is 82.2 cm³/mol. The molecule has 0 amide bonds. The average molecular weight is 304 g/mol. The van der Waals surface area contributed by atoms with E-state index in [1.807, 2.05) is 12.8 Å². The molecule has 0 bridgehead atoms. The van der Waals surface area contributed by atoms with Gasteiger partial charge in [0.15, 0.2) is 5.78 Å². The number of phenols is 1. The third-order valence-corrected chi connectivity index (χ3v) is 3.02. The standard InChI is InChI=1S/C17H20O5/c1-3-7-14-15(10-9-13(12(2)18)17(14)21)22-11-6-4-5-8-16(19)20/h9-10,21H,3-4,6-7,11H2,1-2H3,(H,19,20). The maximum absolute atomic E-state index is 11.5. The van der Waals surface area contributed by atoms with Crippen LogP contribution in [0.5, 0.6) is 11.5 Å². The van der Waals surface area contributed by atoms with E-state index in [4.69, 9.17) is 9.84 Å². The average Bonchev–Trinajstić information content (AvgIpc) is 2.45. The van der Waals surface area contributed by atoms with E-state index in [0.29, 0.717) is 42.7 Å². The number of carboxylic acid groups (broad SMARTS) is 1. The molecule has 2 N–H and O–H groups in total. The lowest BCUT2D eigenvalue weighted by Gasteiger charge is -2.14. The molecular weight excluding hydrogens is 284 g/mol. The second-order valence-electron chi connectivity index (χ2n) is 4.80. The summed E-state index contributed by atoms with van der Waals surface area (Å²) in [5, 5.41) is 18.6. The van der Waals surface area contributed by atoms with E-state index in [1.54, 1.807) is 12.1 Å². The number of carboxylic acids is 1. The zero-order valence-electron chi connectivity index (χ0n) is 12.8. The molecule has 0 unspecified atom stereocenters. The van der Waals surface area contributed by atoms with E-state index < -0.39 is 5.97 Å². The van der Waals surface area contributed by atoms with Crippen LogP contribution in [0.25, 0.3) is 0 Å². The van der Waals surface area contributed by atoms with Crippen molar-refractivity contribution in [3.05, 3.63) is 23.3 Å². The number of hydrogen-bond acceptors (Lipinski definition) is 4. The van der Waals surface area contributed by atoms with Crippen LogP contribution in [0.2, 0.25) is 0 Å². The van der Waals surface area contributed by atoms with E-state index in [2.05, 4.69) is 5.92 Å². The number of rotatable bonds is 7. The largest absolute Gasteiger partial charge is 0.507 e. The van der Waals surface area contributed by atoms with E-state index in [9.17, 15) is 14.7 Å². The summed E-state index contributed by atoms with van der Waals surface area (Å²) in [7, 11) is 0. The topological polar surface area (TPSA) is 83.8 Å². The van der Waals surface area contributed by atoms with Crippen molar-refractivity contribution in [3.8, 4) is 23.3 Å². The molecule has 5 heteroatoms. The van der Waals surface area contributed by atoms with Crippen LogP contribution < -0.4 is 4.74 Å². The number of Topliss-reactive ketones (excluding diaryl/α,β-unsaturated/α-hetero) is 1. The Kier molecular flexibility index (Phi) is 6.97. The van der Waals surface area contributed by atoms with Gasteiger partial charge in [-0.05, 0) is 31.9 Å². The highest BCUT2D eigenvalue weighted by atomic mass is 16.5. The van der Waals surface area contributed by atoms with Crippen molar-refractivity contribution in [3.63, 3.8) is 0 Å². The molecule has 0 aromatic heterocycles. The van der Waals surface area contributed by atoms with Crippen molar-refractivity contribution in [1.29, 1.82) is 0 Å². The maximum atomic E-state index is 11.5. The van der Waals surface area contributed by atoms with Gasteiger partial charge >= 0.3 is 5.97 Å². The van der Waals surface area contributed by atoms with Gasteiger partial charge in [0.05, 0.1) is 12.2 Å². The minimum absolute atomic E-state index is 0.0162. The molecule has 0 fully saturated rings. The molecule has 0 heterocycles. The molecule has 0 atom stereocenters. The fourth-order valence-corrected chi connectivity index (χ4v) is 2.01. The first kappa shape index (κ1) is 17.6. The summed E-state index contributed by atoms with van der Waals surface area (Å²) >= 11 is 0. The maximum Gasteiger partial charge on any atom is 0.381 e. The number of ketones is 1. The molecule has 22 heavy (non-hydrogen) atoms. The Bertz CT molecular complexity index is 607. The second-order valence-corrected chi connectivity index (χ2v) is 4.80. The van der Waals surface area contributed by atoms with Crippen LogP contribution in [0.1, 0.15) is 49.0 Å². The summed E-state index contributed by atoms with van der Waals surface area (Å²) in [6.45, 7) is 3.75. The van der Waals surface area contributed by atoms with E-state index in [-0.39, 0.29) is 11.5 Å². The number of unbranched alkanes of at least 4 members (excludes halogenated alkanes) is 1. The Balaban J connectivity index is 2.74. The van der Waals surface area contributed by atoms with Crippen LogP contribution in [0, 0.1) is 11.8 Å². The number of carbonyl (C=O) groups excluding carboxylic acids is 1. The molecule has 118 valence electrons. The Morgan fingerprint density at radius 3 is 2.64 bits per heavy atom. The van der Waals surface area contributed by atoms with Crippen molar-refractivity contribution in [2.24, 2.45) is 0 Å². The first-order valence-corrected chi connectivity index (χ1v) is 7.17. The molecule has 1 aromatic rings. The van der Waals surface area contributed by atoms with Crippen LogP contribution in [0.15, 0.2) is 12.1 Å². The molecule has 0 aliphatic carbocycles. The minimum Gasteiger partial charge on any atom is -0.507 e. The third kappa shape index (κ3) is 5.13. The SMILES string of the molecule is CCCc1c(OCCCC#CC(=O)O)ccc(C(C)=O)c1O. The van der Waals surface area contributed by atoms with Crippen molar-refractivity contribution in [2.45, 2.75) is 39.5 Å². The van der Waals surface area contributed by atoms with Crippen LogP contribution in [-0.2, 0) is 11.2 Å². The quantitative estimate of drug-likeness (QED) is 0.460. The third-order valence-electron chi connectivity index (χ3n) is 3.02. The highest BCUT2D eigenvalue weighted by molar-refractivity contribution is 5.97. The second kappa shape index (κ2) is 8.73. The van der Waals surface area contributed by atoms with Gasteiger partial charge in [-0.25, -0.2) is 4.79 Å². The minimum atomic E-state index is -1.14. The zero-order chi connectivity index (χ0) is 16.5. The van der Waals surface area contributed by atoms with Crippen molar-refractivity contribution in [2.75, 3.05) is 6.61 Å². The fraction of sp³-hybridized carbons (Fsp3) is 0.412. The van der Waals surface area contributed by atoms with E-state index in [0.717, 1.165) is 6.42 Å². The number of aromatic hydroxyl groups is 1. The van der Waals surface area contributed by atoms with Crippen molar-refractivity contribution < 1.29 is 24.5 Å². The molecule has 5 nitrogen and oxygen atoms in total. The summed E-state index contributed by atoms with van der Waals surface area (Å²) in [5.41, 5.74) is 0.926. The van der Waals surface area contributed by atoms with Crippen LogP contribution in [0.3, 0.4) is 0 Å². The Hall–Kier alpha value is -2.48. The smallest absolute Gasteiger partial charge is 0.381 e. The summed E-state index contributed by atoms with van der Waals surface area (Å²) in [4.78, 5) is 21.7. The number of benzene rings is 1. The van der Waals surface area contributed by atoms with Gasteiger partial charge in [0.25, 0.3) is 0 Å². The number of phenolic OH excluding ortho intramolecular Hbond substituents is 1. The monoisotopic (exact) mass is 304 g/mol. The van der Waals surface area contributed by atoms with Gasteiger partial charge in [-0.3, -0.25) is 4.79 Å². The molecule has 0 aliphatic rings. The van der Waals surface area contributed by atoms with Gasteiger partial charge in [0, 0.05) is 17.9 Å². The van der Waals surface area contributed by atoms with Gasteiger partial charge < -0.3 is 14.9 Å².